The van der Waals surface area contributed by atoms with Crippen LogP contribution in [0.5, 0.6) is 5.75 Å². The van der Waals surface area contributed by atoms with Crippen LogP contribution in [0.3, 0.4) is 0 Å². The molecule has 0 heterocycles. The SMILES string of the molecule is COc1ccc(C2(N)CCC(F)(F)CC2)c(F)c1. The molecule has 0 radical (unpaired) electrons. The van der Waals surface area contributed by atoms with E-state index >= 15 is 0 Å². The van der Waals surface area contributed by atoms with Gasteiger partial charge >= 0.3 is 0 Å². The lowest BCUT2D eigenvalue weighted by Crippen LogP contribution is -2.44. The zero-order valence-corrected chi connectivity index (χ0v) is 10.2. The second-order valence-electron chi connectivity index (χ2n) is 4.86. The van der Waals surface area contributed by atoms with Crippen molar-refractivity contribution in [1.29, 1.82) is 0 Å². The molecule has 1 aliphatic carbocycles. The third-order valence-electron chi connectivity index (χ3n) is 3.59. The lowest BCUT2D eigenvalue weighted by molar-refractivity contribution is -0.0518. The molecule has 0 atom stereocenters. The summed E-state index contributed by atoms with van der Waals surface area (Å²) in [7, 11) is 1.44. The van der Waals surface area contributed by atoms with E-state index in [2.05, 4.69) is 0 Å². The summed E-state index contributed by atoms with van der Waals surface area (Å²) in [5.74, 6) is -2.78. The Morgan fingerprint density at radius 3 is 2.28 bits per heavy atom. The van der Waals surface area contributed by atoms with Crippen molar-refractivity contribution in [3.63, 3.8) is 0 Å². The van der Waals surface area contributed by atoms with Crippen molar-refractivity contribution in [2.45, 2.75) is 37.1 Å². The summed E-state index contributed by atoms with van der Waals surface area (Å²) in [4.78, 5) is 0. The number of rotatable bonds is 2. The molecule has 5 heteroatoms. The molecule has 2 rings (SSSR count). The standard InChI is InChI=1S/C13H16F3NO/c1-18-9-2-3-10(11(14)8-9)12(17)4-6-13(15,16)7-5-12/h2-3,8H,4-7,17H2,1H3. The highest BCUT2D eigenvalue weighted by molar-refractivity contribution is 5.33. The molecule has 1 saturated carbocycles. The zero-order chi connectivity index (χ0) is 13.4. The van der Waals surface area contributed by atoms with Gasteiger partial charge in [0, 0.05) is 30.0 Å². The number of halogens is 3. The molecule has 0 aliphatic heterocycles. The molecule has 0 saturated heterocycles. The van der Waals surface area contributed by atoms with Gasteiger partial charge in [0.05, 0.1) is 7.11 Å². The quantitative estimate of drug-likeness (QED) is 0.885. The largest absolute Gasteiger partial charge is 0.497 e. The molecular formula is C13H16F3NO. The molecule has 0 bridgehead atoms. The van der Waals surface area contributed by atoms with E-state index in [9.17, 15) is 13.2 Å². The first kappa shape index (κ1) is 13.2. The minimum atomic E-state index is -2.67. The number of ether oxygens (including phenoxy) is 1. The van der Waals surface area contributed by atoms with Gasteiger partial charge in [-0.2, -0.15) is 0 Å². The molecule has 100 valence electrons. The third-order valence-corrected chi connectivity index (χ3v) is 3.59. The summed E-state index contributed by atoms with van der Waals surface area (Å²) in [6, 6.07) is 4.36. The molecule has 0 aromatic heterocycles. The number of hydrogen-bond donors (Lipinski definition) is 1. The Kier molecular flexibility index (Phi) is 3.27. The van der Waals surface area contributed by atoms with E-state index in [1.807, 2.05) is 0 Å². The fourth-order valence-electron chi connectivity index (χ4n) is 2.36. The van der Waals surface area contributed by atoms with Gasteiger partial charge in [-0.1, -0.05) is 6.07 Å². The summed E-state index contributed by atoms with van der Waals surface area (Å²) in [6.45, 7) is 0. The Morgan fingerprint density at radius 1 is 1.17 bits per heavy atom. The van der Waals surface area contributed by atoms with Crippen LogP contribution in [0.15, 0.2) is 18.2 Å². The third kappa shape index (κ3) is 2.46. The first-order valence-electron chi connectivity index (χ1n) is 5.87. The molecule has 1 fully saturated rings. The van der Waals surface area contributed by atoms with Gasteiger partial charge in [-0.3, -0.25) is 0 Å². The van der Waals surface area contributed by atoms with Crippen molar-refractivity contribution in [2.75, 3.05) is 7.11 Å². The van der Waals surface area contributed by atoms with Crippen LogP contribution in [0.1, 0.15) is 31.2 Å². The predicted octanol–water partition coefficient (Wildman–Crippen LogP) is 3.20. The van der Waals surface area contributed by atoms with Crippen LogP contribution in [0.25, 0.3) is 0 Å². The first-order valence-corrected chi connectivity index (χ1v) is 5.87. The highest BCUT2D eigenvalue weighted by atomic mass is 19.3. The van der Waals surface area contributed by atoms with Crippen LogP contribution in [-0.4, -0.2) is 13.0 Å². The molecule has 0 unspecified atom stereocenters. The Labute approximate surface area is 104 Å². The molecule has 2 N–H and O–H groups in total. The van der Waals surface area contributed by atoms with Crippen molar-refractivity contribution in [1.82, 2.24) is 0 Å². The zero-order valence-electron chi connectivity index (χ0n) is 10.2. The van der Waals surface area contributed by atoms with Gasteiger partial charge in [0.1, 0.15) is 11.6 Å². The van der Waals surface area contributed by atoms with Crippen molar-refractivity contribution in [2.24, 2.45) is 5.73 Å². The molecule has 1 aliphatic rings. The van der Waals surface area contributed by atoms with Crippen LogP contribution < -0.4 is 10.5 Å². The average Bonchev–Trinajstić information content (AvgIpc) is 2.33. The second-order valence-corrected chi connectivity index (χ2v) is 4.86. The molecular weight excluding hydrogens is 243 g/mol. The van der Waals surface area contributed by atoms with Gasteiger partial charge in [0.15, 0.2) is 0 Å². The average molecular weight is 259 g/mol. The van der Waals surface area contributed by atoms with E-state index in [0.29, 0.717) is 11.3 Å². The molecule has 18 heavy (non-hydrogen) atoms. The maximum atomic E-state index is 13.9. The van der Waals surface area contributed by atoms with E-state index in [4.69, 9.17) is 10.5 Å². The highest BCUT2D eigenvalue weighted by Gasteiger charge is 2.43. The number of hydrogen-bond acceptors (Lipinski definition) is 2. The highest BCUT2D eigenvalue weighted by Crippen LogP contribution is 2.43. The second kappa shape index (κ2) is 4.46. The summed E-state index contributed by atoms with van der Waals surface area (Å²) < 4.78 is 45.0. The molecule has 1 aromatic rings. The van der Waals surface area contributed by atoms with Crippen molar-refractivity contribution in [3.8, 4) is 5.75 Å². The minimum Gasteiger partial charge on any atom is -0.497 e. The van der Waals surface area contributed by atoms with Crippen molar-refractivity contribution < 1.29 is 17.9 Å². The minimum absolute atomic E-state index is 0.0866. The Balaban J connectivity index is 2.26. The normalized spacial score (nSPS) is 21.6. The predicted molar refractivity (Wildman–Crippen MR) is 62.2 cm³/mol. The van der Waals surface area contributed by atoms with Gasteiger partial charge in [0.2, 0.25) is 5.92 Å². The van der Waals surface area contributed by atoms with Crippen LogP contribution in [0.2, 0.25) is 0 Å². The van der Waals surface area contributed by atoms with E-state index in [1.165, 1.54) is 19.2 Å². The lowest BCUT2D eigenvalue weighted by atomic mass is 9.76. The number of methoxy groups -OCH3 is 1. The van der Waals surface area contributed by atoms with Gasteiger partial charge in [-0.25, -0.2) is 13.2 Å². The number of nitrogens with two attached hydrogens (primary N) is 1. The molecule has 2 nitrogen and oxygen atoms in total. The van der Waals surface area contributed by atoms with E-state index < -0.39 is 17.3 Å². The lowest BCUT2D eigenvalue weighted by Gasteiger charge is -2.37. The number of benzene rings is 1. The van der Waals surface area contributed by atoms with Gasteiger partial charge in [0.25, 0.3) is 0 Å². The van der Waals surface area contributed by atoms with Crippen LogP contribution in [0.4, 0.5) is 13.2 Å². The fraction of sp³-hybridized carbons (Fsp3) is 0.538. The smallest absolute Gasteiger partial charge is 0.248 e. The van der Waals surface area contributed by atoms with Crippen LogP contribution >= 0.6 is 0 Å². The van der Waals surface area contributed by atoms with Gasteiger partial charge in [-0.15, -0.1) is 0 Å². The topological polar surface area (TPSA) is 35.2 Å². The van der Waals surface area contributed by atoms with E-state index in [1.54, 1.807) is 6.07 Å². The maximum Gasteiger partial charge on any atom is 0.248 e. The Hall–Kier alpha value is -1.23. The van der Waals surface area contributed by atoms with E-state index in [0.717, 1.165) is 0 Å². The monoisotopic (exact) mass is 259 g/mol. The molecule has 1 aromatic carbocycles. The number of alkyl halides is 2. The maximum absolute atomic E-state index is 13.9. The van der Waals surface area contributed by atoms with E-state index in [-0.39, 0.29) is 25.7 Å². The Morgan fingerprint density at radius 2 is 1.78 bits per heavy atom. The van der Waals surface area contributed by atoms with Crippen molar-refractivity contribution >= 4 is 0 Å². The first-order chi connectivity index (χ1) is 8.36. The summed E-state index contributed by atoms with van der Waals surface area (Å²) in [6.07, 6.45) is -0.420. The molecule has 0 spiro atoms. The summed E-state index contributed by atoms with van der Waals surface area (Å²) >= 11 is 0. The van der Waals surface area contributed by atoms with Gasteiger partial charge < -0.3 is 10.5 Å². The van der Waals surface area contributed by atoms with Crippen LogP contribution in [-0.2, 0) is 5.54 Å². The fourth-order valence-corrected chi connectivity index (χ4v) is 2.36. The molecule has 0 amide bonds. The Bertz CT molecular complexity index is 438. The van der Waals surface area contributed by atoms with Gasteiger partial charge in [-0.05, 0) is 18.9 Å². The van der Waals surface area contributed by atoms with Crippen LogP contribution in [0, 0.1) is 5.82 Å². The van der Waals surface area contributed by atoms with Crippen molar-refractivity contribution in [3.05, 3.63) is 29.6 Å². The summed E-state index contributed by atoms with van der Waals surface area (Å²) in [5.41, 5.74) is 5.37. The summed E-state index contributed by atoms with van der Waals surface area (Å²) in [5, 5.41) is 0.